The van der Waals surface area contributed by atoms with Crippen molar-refractivity contribution in [2.24, 2.45) is 0 Å². The van der Waals surface area contributed by atoms with E-state index in [1.165, 1.54) is 49.0 Å². The van der Waals surface area contributed by atoms with Crippen molar-refractivity contribution in [1.82, 2.24) is 9.97 Å². The molecule has 0 fully saturated rings. The average Bonchev–Trinajstić information content (AvgIpc) is 3.71. The van der Waals surface area contributed by atoms with Crippen molar-refractivity contribution < 1.29 is 4.42 Å². The molecular formula is C58H36N2O. The highest BCUT2D eigenvalue weighted by Gasteiger charge is 2.16. The molecule has 61 heavy (non-hydrogen) atoms. The van der Waals surface area contributed by atoms with Gasteiger partial charge in [-0.2, -0.15) is 0 Å². The first-order valence-corrected chi connectivity index (χ1v) is 20.7. The molecule has 3 nitrogen and oxygen atoms in total. The van der Waals surface area contributed by atoms with Gasteiger partial charge in [0.15, 0.2) is 5.82 Å². The average molecular weight is 777 g/mol. The number of aromatic nitrogens is 2. The molecule has 0 bridgehead atoms. The van der Waals surface area contributed by atoms with E-state index in [-0.39, 0.29) is 0 Å². The molecule has 10 aromatic carbocycles. The lowest BCUT2D eigenvalue weighted by molar-refractivity contribution is 0.669. The number of fused-ring (bicyclic) bond motifs is 7. The Morgan fingerprint density at radius 2 is 0.770 bits per heavy atom. The molecule has 284 valence electrons. The molecule has 0 saturated heterocycles. The smallest absolute Gasteiger partial charge is 0.160 e. The van der Waals surface area contributed by atoms with Crippen molar-refractivity contribution in [3.8, 4) is 67.3 Å². The van der Waals surface area contributed by atoms with Gasteiger partial charge < -0.3 is 4.42 Å². The zero-order valence-corrected chi connectivity index (χ0v) is 33.1. The van der Waals surface area contributed by atoms with E-state index in [2.05, 4.69) is 200 Å². The maximum atomic E-state index is 6.22. The summed E-state index contributed by atoms with van der Waals surface area (Å²) in [5, 5.41) is 9.75. The number of hydrogen-bond donors (Lipinski definition) is 0. The third-order valence-corrected chi connectivity index (χ3v) is 12.1. The van der Waals surface area contributed by atoms with Gasteiger partial charge in [-0.3, -0.25) is 0 Å². The second-order valence-corrected chi connectivity index (χ2v) is 15.7. The minimum Gasteiger partial charge on any atom is -0.456 e. The number of rotatable bonds is 6. The summed E-state index contributed by atoms with van der Waals surface area (Å²) in [7, 11) is 0. The molecule has 12 rings (SSSR count). The summed E-state index contributed by atoms with van der Waals surface area (Å²) >= 11 is 0. The van der Waals surface area contributed by atoms with Crippen molar-refractivity contribution in [1.29, 1.82) is 0 Å². The first-order chi connectivity index (χ1) is 30.2. The number of para-hydroxylation sites is 1. The molecule has 2 aromatic heterocycles. The van der Waals surface area contributed by atoms with Crippen molar-refractivity contribution >= 4 is 54.3 Å². The van der Waals surface area contributed by atoms with Crippen molar-refractivity contribution in [3.63, 3.8) is 0 Å². The van der Waals surface area contributed by atoms with Gasteiger partial charge in [0.25, 0.3) is 0 Å². The van der Waals surface area contributed by atoms with Gasteiger partial charge in [0, 0.05) is 27.5 Å². The lowest BCUT2D eigenvalue weighted by Crippen LogP contribution is -1.96. The first-order valence-electron chi connectivity index (χ1n) is 20.7. The zero-order chi connectivity index (χ0) is 40.3. The predicted molar refractivity (Wildman–Crippen MR) is 254 cm³/mol. The number of hydrogen-bond acceptors (Lipinski definition) is 3. The van der Waals surface area contributed by atoms with Gasteiger partial charge in [-0.25, -0.2) is 9.97 Å². The van der Waals surface area contributed by atoms with E-state index in [0.717, 1.165) is 66.7 Å². The molecule has 0 spiro atoms. The van der Waals surface area contributed by atoms with Crippen LogP contribution in [0.2, 0.25) is 0 Å². The van der Waals surface area contributed by atoms with Gasteiger partial charge in [-0.1, -0.05) is 188 Å². The molecule has 0 atom stereocenters. The summed E-state index contributed by atoms with van der Waals surface area (Å²) in [6, 6.07) is 77.6. The largest absolute Gasteiger partial charge is 0.456 e. The maximum absolute atomic E-state index is 6.22. The topological polar surface area (TPSA) is 38.9 Å². The van der Waals surface area contributed by atoms with Gasteiger partial charge >= 0.3 is 0 Å². The minimum absolute atomic E-state index is 0.683. The number of benzene rings is 10. The van der Waals surface area contributed by atoms with Gasteiger partial charge in [-0.15, -0.1) is 0 Å². The fourth-order valence-corrected chi connectivity index (χ4v) is 8.99. The Balaban J connectivity index is 0.952. The summed E-state index contributed by atoms with van der Waals surface area (Å²) in [6.07, 6.45) is 0. The normalized spacial score (nSPS) is 11.6. The van der Waals surface area contributed by atoms with Crippen LogP contribution in [-0.2, 0) is 0 Å². The van der Waals surface area contributed by atoms with Crippen LogP contribution >= 0.6 is 0 Å². The zero-order valence-electron chi connectivity index (χ0n) is 33.1. The molecule has 0 unspecified atom stereocenters. The Morgan fingerprint density at radius 3 is 1.51 bits per heavy atom. The van der Waals surface area contributed by atoms with Crippen molar-refractivity contribution in [3.05, 3.63) is 218 Å². The Hall–Kier alpha value is -8.14. The van der Waals surface area contributed by atoms with E-state index in [9.17, 15) is 0 Å². The predicted octanol–water partition coefficient (Wildman–Crippen LogP) is 15.8. The molecule has 0 aliphatic carbocycles. The fraction of sp³-hybridized carbons (Fsp3) is 0. The van der Waals surface area contributed by atoms with Crippen LogP contribution in [0, 0.1) is 0 Å². The Labute approximate surface area is 352 Å². The lowest BCUT2D eigenvalue weighted by atomic mass is 9.89. The van der Waals surface area contributed by atoms with Gasteiger partial charge in [0.2, 0.25) is 0 Å². The molecule has 12 aromatic rings. The summed E-state index contributed by atoms with van der Waals surface area (Å²) in [4.78, 5) is 10.4. The Bertz CT molecular complexity index is 3610. The fourth-order valence-electron chi connectivity index (χ4n) is 8.99. The lowest BCUT2D eigenvalue weighted by Gasteiger charge is -2.15. The van der Waals surface area contributed by atoms with E-state index < -0.39 is 0 Å². The van der Waals surface area contributed by atoms with E-state index in [1.807, 2.05) is 18.2 Å². The first kappa shape index (κ1) is 34.9. The molecule has 0 aliphatic heterocycles. The molecule has 2 heterocycles. The number of nitrogens with zero attached hydrogens (tertiary/aromatic N) is 2. The Kier molecular flexibility index (Phi) is 8.17. The minimum atomic E-state index is 0.683. The maximum Gasteiger partial charge on any atom is 0.160 e. The molecule has 0 N–H and O–H groups in total. The van der Waals surface area contributed by atoms with E-state index in [0.29, 0.717) is 5.82 Å². The monoisotopic (exact) mass is 776 g/mol. The van der Waals surface area contributed by atoms with Gasteiger partial charge in [0.05, 0.1) is 11.4 Å². The second-order valence-electron chi connectivity index (χ2n) is 15.7. The molecule has 3 heteroatoms. The molecule has 0 amide bonds. The third-order valence-electron chi connectivity index (χ3n) is 12.1. The molecule has 0 aliphatic rings. The highest BCUT2D eigenvalue weighted by Crippen LogP contribution is 2.40. The summed E-state index contributed by atoms with van der Waals surface area (Å²) in [5.74, 6) is 0.683. The van der Waals surface area contributed by atoms with Crippen LogP contribution in [0.4, 0.5) is 0 Å². The van der Waals surface area contributed by atoms with Gasteiger partial charge in [0.1, 0.15) is 11.2 Å². The quantitative estimate of drug-likeness (QED) is 0.125. The van der Waals surface area contributed by atoms with Crippen LogP contribution in [0.15, 0.2) is 223 Å². The van der Waals surface area contributed by atoms with E-state index >= 15 is 0 Å². The highest BCUT2D eigenvalue weighted by atomic mass is 16.3. The van der Waals surface area contributed by atoms with Crippen LogP contribution < -0.4 is 0 Å². The van der Waals surface area contributed by atoms with E-state index in [1.54, 1.807) is 0 Å². The van der Waals surface area contributed by atoms with Crippen molar-refractivity contribution in [2.75, 3.05) is 0 Å². The Morgan fingerprint density at radius 1 is 0.262 bits per heavy atom. The van der Waals surface area contributed by atoms with Crippen LogP contribution in [0.5, 0.6) is 0 Å². The summed E-state index contributed by atoms with van der Waals surface area (Å²) in [6.45, 7) is 0. The van der Waals surface area contributed by atoms with Gasteiger partial charge in [-0.05, 0) is 96.0 Å². The molecular weight excluding hydrogens is 741 g/mol. The van der Waals surface area contributed by atoms with Crippen LogP contribution in [0.25, 0.3) is 122 Å². The highest BCUT2D eigenvalue weighted by molar-refractivity contribution is 6.20. The second kappa shape index (κ2) is 14.3. The standard InChI is InChI=1S/C58H36N2O/c1-2-10-37(11-3-1)38-20-28-44(29-21-38)58-59-53(41-22-18-39(19-23-41)45-31-32-50-49-16-8-9-17-55(49)61-56(50)35-45)36-54(60-58)42-24-26-43(27-25-42)57-48-15-7-5-13-46(48)34-52-47-14-6-4-12-40(47)30-33-51(52)57/h1-36H. The van der Waals surface area contributed by atoms with Crippen molar-refractivity contribution in [2.45, 2.75) is 0 Å². The van der Waals surface area contributed by atoms with E-state index in [4.69, 9.17) is 14.4 Å². The SMILES string of the molecule is c1ccc(-c2ccc(-c3nc(-c4ccc(-c5ccc6c(c5)oc5ccccc56)cc4)cc(-c4ccc(-c5c6ccccc6cc6c5ccc5ccccc56)cc4)n3)cc2)cc1. The molecule has 0 saturated carbocycles. The third kappa shape index (κ3) is 6.14. The van der Waals surface area contributed by atoms with Crippen LogP contribution in [0.3, 0.4) is 0 Å². The summed E-state index contributed by atoms with van der Waals surface area (Å²) < 4.78 is 6.22. The number of furan rings is 1. The summed E-state index contributed by atoms with van der Waals surface area (Å²) in [5.41, 5.74) is 13.5. The molecule has 0 radical (unpaired) electrons. The van der Waals surface area contributed by atoms with Crippen LogP contribution in [-0.4, -0.2) is 9.97 Å². The van der Waals surface area contributed by atoms with Crippen LogP contribution in [0.1, 0.15) is 0 Å².